The second-order valence-electron chi connectivity index (χ2n) is 4.46. The average molecular weight is 301 g/mol. The van der Waals surface area contributed by atoms with Crippen LogP contribution in [0.2, 0.25) is 5.15 Å². The Labute approximate surface area is 126 Å². The fraction of sp³-hybridized carbons (Fsp3) is 0.133. The molecule has 0 saturated heterocycles. The molecule has 0 aliphatic heterocycles. The fourth-order valence-electron chi connectivity index (χ4n) is 1.93. The summed E-state index contributed by atoms with van der Waals surface area (Å²) in [7, 11) is 0. The predicted octanol–water partition coefficient (Wildman–Crippen LogP) is 3.62. The van der Waals surface area contributed by atoms with Gasteiger partial charge in [0.1, 0.15) is 17.3 Å². The molecular weight excluding hydrogens is 288 g/mol. The summed E-state index contributed by atoms with van der Waals surface area (Å²) < 4.78 is 5.75. The first-order valence-electron chi connectivity index (χ1n) is 6.52. The Morgan fingerprint density at radius 3 is 2.90 bits per heavy atom. The molecule has 2 N–H and O–H groups in total. The Kier molecular flexibility index (Phi) is 3.58. The molecule has 3 aromatic rings. The number of hydrogen-bond acceptors (Lipinski definition) is 5. The summed E-state index contributed by atoms with van der Waals surface area (Å²) in [5.74, 6) is 1.49. The van der Waals surface area contributed by atoms with Crippen LogP contribution in [0.5, 0.6) is 11.6 Å². The zero-order valence-electron chi connectivity index (χ0n) is 11.4. The van der Waals surface area contributed by atoms with Gasteiger partial charge in [0.25, 0.3) is 0 Å². The van der Waals surface area contributed by atoms with Crippen molar-refractivity contribution in [3.8, 4) is 11.6 Å². The molecular formula is C15H13ClN4O. The number of pyridine rings is 1. The maximum absolute atomic E-state index is 5.99. The molecule has 0 bridgehead atoms. The van der Waals surface area contributed by atoms with Gasteiger partial charge in [0.15, 0.2) is 5.15 Å². The molecule has 0 spiro atoms. The van der Waals surface area contributed by atoms with E-state index >= 15 is 0 Å². The molecule has 0 saturated carbocycles. The summed E-state index contributed by atoms with van der Waals surface area (Å²) in [6.45, 7) is 1.94. The standard InChI is InChI=1S/C15H13ClN4O/c1-2-12-19-14(16)13(17)15(20-12)21-10-5-6-11-9(8-10)4-3-7-18-11/h3-8H,2,17H2,1H3. The molecule has 106 valence electrons. The number of halogens is 1. The molecule has 0 aliphatic carbocycles. The van der Waals surface area contributed by atoms with Crippen molar-refractivity contribution >= 4 is 28.2 Å². The summed E-state index contributed by atoms with van der Waals surface area (Å²) in [6.07, 6.45) is 2.40. The van der Waals surface area contributed by atoms with Crippen molar-refractivity contribution in [3.63, 3.8) is 0 Å². The highest BCUT2D eigenvalue weighted by Crippen LogP contribution is 2.31. The van der Waals surface area contributed by atoms with Crippen molar-refractivity contribution in [1.82, 2.24) is 15.0 Å². The quantitative estimate of drug-likeness (QED) is 0.748. The summed E-state index contributed by atoms with van der Waals surface area (Å²) in [4.78, 5) is 12.6. The lowest BCUT2D eigenvalue weighted by atomic mass is 10.2. The highest BCUT2D eigenvalue weighted by Gasteiger charge is 2.12. The summed E-state index contributed by atoms with van der Waals surface area (Å²) in [6, 6.07) is 9.41. The van der Waals surface area contributed by atoms with Gasteiger partial charge in [-0.2, -0.15) is 4.98 Å². The lowest BCUT2D eigenvalue weighted by Gasteiger charge is -2.10. The number of benzene rings is 1. The predicted molar refractivity (Wildman–Crippen MR) is 82.6 cm³/mol. The van der Waals surface area contributed by atoms with Crippen LogP contribution < -0.4 is 10.5 Å². The first-order chi connectivity index (χ1) is 10.2. The Balaban J connectivity index is 2.00. The van der Waals surface area contributed by atoms with Crippen LogP contribution in [-0.4, -0.2) is 15.0 Å². The largest absolute Gasteiger partial charge is 0.437 e. The number of ether oxygens (including phenoxy) is 1. The third kappa shape index (κ3) is 2.73. The van der Waals surface area contributed by atoms with Gasteiger partial charge in [0.05, 0.1) is 5.52 Å². The number of fused-ring (bicyclic) bond motifs is 1. The summed E-state index contributed by atoms with van der Waals surface area (Å²) in [5, 5.41) is 1.18. The molecule has 0 amide bonds. The molecule has 0 radical (unpaired) electrons. The SMILES string of the molecule is CCc1nc(Cl)c(N)c(Oc2ccc3ncccc3c2)n1. The van der Waals surface area contributed by atoms with Gasteiger partial charge >= 0.3 is 0 Å². The van der Waals surface area contributed by atoms with Crippen molar-refractivity contribution in [2.45, 2.75) is 13.3 Å². The first kappa shape index (κ1) is 13.6. The van der Waals surface area contributed by atoms with Crippen molar-refractivity contribution in [2.24, 2.45) is 0 Å². The van der Waals surface area contributed by atoms with E-state index in [2.05, 4.69) is 15.0 Å². The monoisotopic (exact) mass is 300 g/mol. The van der Waals surface area contributed by atoms with Crippen LogP contribution in [0.4, 0.5) is 5.69 Å². The van der Waals surface area contributed by atoms with E-state index < -0.39 is 0 Å². The number of nitrogen functional groups attached to an aromatic ring is 1. The van der Waals surface area contributed by atoms with Gasteiger partial charge < -0.3 is 10.5 Å². The smallest absolute Gasteiger partial charge is 0.247 e. The molecule has 0 aliphatic rings. The lowest BCUT2D eigenvalue weighted by Crippen LogP contribution is -2.02. The molecule has 21 heavy (non-hydrogen) atoms. The Bertz CT molecular complexity index is 807. The van der Waals surface area contributed by atoms with Gasteiger partial charge in [0, 0.05) is 18.0 Å². The Morgan fingerprint density at radius 1 is 1.24 bits per heavy atom. The van der Waals surface area contributed by atoms with E-state index in [9.17, 15) is 0 Å². The summed E-state index contributed by atoms with van der Waals surface area (Å²) in [5.41, 5.74) is 7.00. The van der Waals surface area contributed by atoms with Gasteiger partial charge in [-0.15, -0.1) is 0 Å². The van der Waals surface area contributed by atoms with Crippen molar-refractivity contribution < 1.29 is 4.74 Å². The molecule has 3 rings (SSSR count). The molecule has 6 heteroatoms. The van der Waals surface area contributed by atoms with Crippen molar-refractivity contribution in [1.29, 1.82) is 0 Å². The summed E-state index contributed by atoms with van der Waals surface area (Å²) >= 11 is 5.99. The van der Waals surface area contributed by atoms with Crippen molar-refractivity contribution in [2.75, 3.05) is 5.73 Å². The number of nitrogens with zero attached hydrogens (tertiary/aromatic N) is 3. The van der Waals surface area contributed by atoms with Crippen LogP contribution in [0, 0.1) is 0 Å². The van der Waals surface area contributed by atoms with Crippen LogP contribution >= 0.6 is 11.6 Å². The van der Waals surface area contributed by atoms with E-state index in [4.69, 9.17) is 22.1 Å². The van der Waals surface area contributed by atoms with E-state index in [1.165, 1.54) is 0 Å². The maximum atomic E-state index is 5.99. The van der Waals surface area contributed by atoms with E-state index in [1.807, 2.05) is 37.3 Å². The van der Waals surface area contributed by atoms with E-state index in [1.54, 1.807) is 6.20 Å². The highest BCUT2D eigenvalue weighted by molar-refractivity contribution is 6.32. The Hall–Kier alpha value is -2.40. The van der Waals surface area contributed by atoms with Gasteiger partial charge in [-0.25, -0.2) is 4.98 Å². The second-order valence-corrected chi connectivity index (χ2v) is 4.82. The maximum Gasteiger partial charge on any atom is 0.247 e. The number of anilines is 1. The number of hydrogen-bond donors (Lipinski definition) is 1. The molecule has 0 atom stereocenters. The fourth-order valence-corrected chi connectivity index (χ4v) is 2.11. The van der Waals surface area contributed by atoms with Crippen LogP contribution in [0.3, 0.4) is 0 Å². The third-order valence-electron chi connectivity index (χ3n) is 3.02. The molecule has 0 fully saturated rings. The number of aromatic nitrogens is 3. The number of aryl methyl sites for hydroxylation is 1. The molecule has 1 aromatic carbocycles. The van der Waals surface area contributed by atoms with Gasteiger partial charge in [-0.1, -0.05) is 24.6 Å². The number of nitrogens with two attached hydrogens (primary N) is 1. The van der Waals surface area contributed by atoms with Crippen LogP contribution in [0.25, 0.3) is 10.9 Å². The van der Waals surface area contributed by atoms with Gasteiger partial charge in [-0.3, -0.25) is 4.98 Å². The van der Waals surface area contributed by atoms with Gasteiger partial charge in [-0.05, 0) is 24.3 Å². The van der Waals surface area contributed by atoms with Gasteiger partial charge in [0.2, 0.25) is 5.88 Å². The van der Waals surface area contributed by atoms with E-state index in [0.717, 1.165) is 10.9 Å². The zero-order valence-corrected chi connectivity index (χ0v) is 12.1. The van der Waals surface area contributed by atoms with E-state index in [-0.39, 0.29) is 16.7 Å². The molecule has 2 heterocycles. The van der Waals surface area contributed by atoms with Crippen LogP contribution in [0.15, 0.2) is 36.5 Å². The second kappa shape index (κ2) is 5.54. The van der Waals surface area contributed by atoms with Crippen LogP contribution in [-0.2, 0) is 6.42 Å². The molecule has 0 unspecified atom stereocenters. The minimum atomic E-state index is 0.208. The minimum absolute atomic E-state index is 0.208. The minimum Gasteiger partial charge on any atom is -0.437 e. The topological polar surface area (TPSA) is 73.9 Å². The normalized spacial score (nSPS) is 10.8. The first-order valence-corrected chi connectivity index (χ1v) is 6.89. The third-order valence-corrected chi connectivity index (χ3v) is 3.30. The molecule has 2 aromatic heterocycles. The lowest BCUT2D eigenvalue weighted by molar-refractivity contribution is 0.462. The highest BCUT2D eigenvalue weighted by atomic mass is 35.5. The molecule has 5 nitrogen and oxygen atoms in total. The number of rotatable bonds is 3. The van der Waals surface area contributed by atoms with E-state index in [0.29, 0.717) is 18.0 Å². The van der Waals surface area contributed by atoms with Crippen molar-refractivity contribution in [3.05, 3.63) is 47.5 Å². The average Bonchev–Trinajstić information content (AvgIpc) is 2.51. The Morgan fingerprint density at radius 2 is 2.10 bits per heavy atom. The van der Waals surface area contributed by atoms with Crippen LogP contribution in [0.1, 0.15) is 12.7 Å². The zero-order chi connectivity index (χ0) is 14.8.